The molecule has 0 spiro atoms. The van der Waals surface area contributed by atoms with Gasteiger partial charge >= 0.3 is 5.97 Å². The zero-order chi connectivity index (χ0) is 24.9. The predicted molar refractivity (Wildman–Crippen MR) is 131 cm³/mol. The molecule has 8 heteroatoms. The lowest BCUT2D eigenvalue weighted by atomic mass is 9.83. The molecule has 176 valence electrons. The summed E-state index contributed by atoms with van der Waals surface area (Å²) in [5.41, 5.74) is 8.37. The van der Waals surface area contributed by atoms with Crippen LogP contribution in [0.5, 0.6) is 23.0 Å². The van der Waals surface area contributed by atoms with Gasteiger partial charge in [-0.2, -0.15) is 5.26 Å². The maximum Gasteiger partial charge on any atom is 0.336 e. The highest BCUT2D eigenvalue weighted by atomic mass is 35.5. The molecule has 0 bridgehead atoms. The molecule has 0 radical (unpaired) electrons. The molecule has 3 aromatic carbocycles. The minimum absolute atomic E-state index is 0.0445. The van der Waals surface area contributed by atoms with Crippen LogP contribution in [0.25, 0.3) is 6.08 Å². The van der Waals surface area contributed by atoms with Gasteiger partial charge in [-0.3, -0.25) is 0 Å². The van der Waals surface area contributed by atoms with Crippen molar-refractivity contribution in [2.45, 2.75) is 5.92 Å². The Balaban J connectivity index is 1.67. The van der Waals surface area contributed by atoms with Crippen LogP contribution in [-0.2, 0) is 4.79 Å². The Morgan fingerprint density at radius 3 is 2.60 bits per heavy atom. The average Bonchev–Trinajstić information content (AvgIpc) is 2.86. The molecule has 1 unspecified atom stereocenters. The first-order valence-corrected chi connectivity index (χ1v) is 10.9. The number of nitrogens with two attached hydrogens (primary N) is 1. The highest BCUT2D eigenvalue weighted by Crippen LogP contribution is 2.47. The van der Waals surface area contributed by atoms with E-state index in [1.807, 2.05) is 12.1 Å². The molecular formula is C27H21ClN2O5. The predicted octanol–water partition coefficient (Wildman–Crippen LogP) is 5.19. The number of para-hydroxylation sites is 1. The van der Waals surface area contributed by atoms with Crippen LogP contribution in [0.15, 0.2) is 78.2 Å². The molecule has 0 saturated carbocycles. The summed E-state index contributed by atoms with van der Waals surface area (Å²) in [5.74, 6) is 0.404. The molecule has 0 aromatic heterocycles. The number of ether oxygens (including phenoxy) is 4. The monoisotopic (exact) mass is 488 g/mol. The lowest BCUT2D eigenvalue weighted by Gasteiger charge is -2.28. The topological polar surface area (TPSA) is 104 Å². The molecule has 0 fully saturated rings. The normalized spacial score (nSPS) is 14.6. The van der Waals surface area contributed by atoms with E-state index in [2.05, 4.69) is 6.07 Å². The van der Waals surface area contributed by atoms with E-state index in [1.165, 1.54) is 20.3 Å². The molecule has 1 heterocycles. The summed E-state index contributed by atoms with van der Waals surface area (Å²) in [6, 6.07) is 19.6. The quantitative estimate of drug-likeness (QED) is 0.289. The molecule has 4 rings (SSSR count). The standard InChI is InChI=1S/C27H21ClN2O5/c1-32-22-9-5-7-19(26(22)33-2)25-18-12-11-17(14-23(18)35-27(30)20(25)15-29)34-24(31)13-10-16-6-3-4-8-21(16)28/h3-14,25H,30H2,1-2H3/b13-10+. The van der Waals surface area contributed by atoms with Gasteiger partial charge in [0.15, 0.2) is 11.5 Å². The van der Waals surface area contributed by atoms with Crippen molar-refractivity contribution in [2.24, 2.45) is 5.73 Å². The number of nitriles is 1. The second-order valence-electron chi connectivity index (χ2n) is 7.48. The van der Waals surface area contributed by atoms with E-state index >= 15 is 0 Å². The minimum atomic E-state index is -0.590. The molecule has 0 amide bonds. The third-order valence-electron chi connectivity index (χ3n) is 5.46. The van der Waals surface area contributed by atoms with Gasteiger partial charge in [0.25, 0.3) is 0 Å². The summed E-state index contributed by atoms with van der Waals surface area (Å²) >= 11 is 6.11. The van der Waals surface area contributed by atoms with E-state index < -0.39 is 11.9 Å². The summed E-state index contributed by atoms with van der Waals surface area (Å²) in [4.78, 5) is 12.4. The van der Waals surface area contributed by atoms with E-state index in [0.717, 1.165) is 0 Å². The van der Waals surface area contributed by atoms with Gasteiger partial charge in [0, 0.05) is 28.3 Å². The van der Waals surface area contributed by atoms with Crippen LogP contribution in [0.4, 0.5) is 0 Å². The number of hydrogen-bond donors (Lipinski definition) is 1. The van der Waals surface area contributed by atoms with Crippen molar-refractivity contribution in [2.75, 3.05) is 14.2 Å². The Bertz CT molecular complexity index is 1390. The maximum absolute atomic E-state index is 12.4. The third-order valence-corrected chi connectivity index (χ3v) is 5.80. The van der Waals surface area contributed by atoms with Crippen molar-refractivity contribution < 1.29 is 23.7 Å². The first-order chi connectivity index (χ1) is 17.0. The number of methoxy groups -OCH3 is 2. The fraction of sp³-hybridized carbons (Fsp3) is 0.111. The lowest BCUT2D eigenvalue weighted by Crippen LogP contribution is -2.21. The zero-order valence-corrected chi connectivity index (χ0v) is 19.7. The van der Waals surface area contributed by atoms with Gasteiger partial charge in [0.2, 0.25) is 5.88 Å². The van der Waals surface area contributed by atoms with Crippen LogP contribution in [0.2, 0.25) is 5.02 Å². The number of carbonyl (C=O) groups excluding carboxylic acids is 1. The van der Waals surface area contributed by atoms with Crippen LogP contribution in [-0.4, -0.2) is 20.2 Å². The van der Waals surface area contributed by atoms with Crippen molar-refractivity contribution in [1.82, 2.24) is 0 Å². The molecule has 35 heavy (non-hydrogen) atoms. The Hall–Kier alpha value is -4.41. The van der Waals surface area contributed by atoms with Crippen molar-refractivity contribution in [1.29, 1.82) is 5.26 Å². The number of fused-ring (bicyclic) bond motifs is 1. The number of hydrogen-bond acceptors (Lipinski definition) is 7. The second-order valence-corrected chi connectivity index (χ2v) is 7.89. The molecule has 1 aliphatic heterocycles. The number of carbonyl (C=O) groups is 1. The third kappa shape index (κ3) is 4.79. The number of halogens is 1. The number of nitrogens with zero attached hydrogens (tertiary/aromatic N) is 1. The van der Waals surface area contributed by atoms with Crippen LogP contribution < -0.4 is 24.7 Å². The lowest BCUT2D eigenvalue weighted by molar-refractivity contribution is -0.128. The molecular weight excluding hydrogens is 468 g/mol. The molecule has 3 aromatic rings. The van der Waals surface area contributed by atoms with E-state index in [4.69, 9.17) is 36.3 Å². The zero-order valence-electron chi connectivity index (χ0n) is 18.9. The number of benzene rings is 3. The summed E-state index contributed by atoms with van der Waals surface area (Å²) in [5, 5.41) is 10.4. The summed E-state index contributed by atoms with van der Waals surface area (Å²) in [6.07, 6.45) is 2.86. The molecule has 1 atom stereocenters. The first kappa shape index (κ1) is 23.7. The average molecular weight is 489 g/mol. The van der Waals surface area contributed by atoms with Crippen molar-refractivity contribution in [3.8, 4) is 29.1 Å². The molecule has 2 N–H and O–H groups in total. The van der Waals surface area contributed by atoms with Gasteiger partial charge in [-0.05, 0) is 29.8 Å². The Labute approximate surface area is 207 Å². The fourth-order valence-electron chi connectivity index (χ4n) is 3.88. The number of esters is 1. The number of rotatable bonds is 6. The fourth-order valence-corrected chi connectivity index (χ4v) is 4.08. The Kier molecular flexibility index (Phi) is 6.95. The molecule has 7 nitrogen and oxygen atoms in total. The van der Waals surface area contributed by atoms with Crippen molar-refractivity contribution >= 4 is 23.6 Å². The number of allylic oxidation sites excluding steroid dienone is 1. The van der Waals surface area contributed by atoms with Gasteiger partial charge < -0.3 is 24.7 Å². The second kappa shape index (κ2) is 10.2. The summed E-state index contributed by atoms with van der Waals surface area (Å²) < 4.78 is 22.2. The smallest absolute Gasteiger partial charge is 0.336 e. The molecule has 0 aliphatic carbocycles. The van der Waals surface area contributed by atoms with Crippen LogP contribution in [0.3, 0.4) is 0 Å². The van der Waals surface area contributed by atoms with Gasteiger partial charge in [-0.15, -0.1) is 0 Å². The largest absolute Gasteiger partial charge is 0.493 e. The molecule has 0 saturated heterocycles. The summed E-state index contributed by atoms with van der Waals surface area (Å²) in [7, 11) is 3.06. The van der Waals surface area contributed by atoms with Gasteiger partial charge in [-0.25, -0.2) is 4.79 Å². The van der Waals surface area contributed by atoms with E-state index in [1.54, 1.807) is 54.6 Å². The van der Waals surface area contributed by atoms with E-state index in [0.29, 0.717) is 39.0 Å². The van der Waals surface area contributed by atoms with E-state index in [-0.39, 0.29) is 17.2 Å². The highest BCUT2D eigenvalue weighted by Gasteiger charge is 2.33. The first-order valence-electron chi connectivity index (χ1n) is 10.5. The highest BCUT2D eigenvalue weighted by molar-refractivity contribution is 6.32. The van der Waals surface area contributed by atoms with Crippen molar-refractivity contribution in [3.05, 3.63) is 99.9 Å². The molecule has 1 aliphatic rings. The Morgan fingerprint density at radius 2 is 1.89 bits per heavy atom. The minimum Gasteiger partial charge on any atom is -0.493 e. The Morgan fingerprint density at radius 1 is 1.09 bits per heavy atom. The van der Waals surface area contributed by atoms with Crippen LogP contribution in [0, 0.1) is 11.3 Å². The van der Waals surface area contributed by atoms with Gasteiger partial charge in [0.05, 0.1) is 20.1 Å². The SMILES string of the molecule is COc1cccc(C2C(C#N)=C(N)Oc3cc(OC(=O)/C=C/c4ccccc4Cl)ccc32)c1OC. The van der Waals surface area contributed by atoms with Gasteiger partial charge in [0.1, 0.15) is 23.1 Å². The maximum atomic E-state index is 12.4. The van der Waals surface area contributed by atoms with Crippen molar-refractivity contribution in [3.63, 3.8) is 0 Å². The van der Waals surface area contributed by atoms with Crippen LogP contribution >= 0.6 is 11.6 Å². The van der Waals surface area contributed by atoms with E-state index in [9.17, 15) is 10.1 Å². The summed E-state index contributed by atoms with van der Waals surface area (Å²) in [6.45, 7) is 0. The van der Waals surface area contributed by atoms with Gasteiger partial charge in [-0.1, -0.05) is 48.0 Å². The van der Waals surface area contributed by atoms with Crippen LogP contribution in [0.1, 0.15) is 22.6 Å².